The summed E-state index contributed by atoms with van der Waals surface area (Å²) in [6.07, 6.45) is 9.21. The largest absolute Gasteiger partial charge is 0.355 e. The van der Waals surface area contributed by atoms with E-state index in [1.807, 2.05) is 0 Å². The van der Waals surface area contributed by atoms with Gasteiger partial charge in [0.25, 0.3) is 0 Å². The van der Waals surface area contributed by atoms with Crippen LogP contribution in [0.2, 0.25) is 0 Å². The smallest absolute Gasteiger partial charge is 0.234 e. The van der Waals surface area contributed by atoms with Crippen LogP contribution in [0.5, 0.6) is 0 Å². The Bertz CT molecular complexity index is 427. The predicted octanol–water partition coefficient (Wildman–Crippen LogP) is 1.39. The Labute approximate surface area is 152 Å². The normalized spacial score (nSPS) is 21.7. The van der Waals surface area contributed by atoms with E-state index >= 15 is 0 Å². The summed E-state index contributed by atoms with van der Waals surface area (Å²) in [6, 6.07) is 0.237. The molecule has 0 atom stereocenters. The zero-order valence-corrected chi connectivity index (χ0v) is 15.8. The number of nitrogens with zero attached hydrogens (tertiary/aromatic N) is 1. The maximum atomic E-state index is 12.5. The lowest BCUT2D eigenvalue weighted by Crippen LogP contribution is -2.48. The van der Waals surface area contributed by atoms with E-state index in [0.29, 0.717) is 19.5 Å². The zero-order valence-electron chi connectivity index (χ0n) is 15.8. The van der Waals surface area contributed by atoms with Gasteiger partial charge in [-0.25, -0.2) is 0 Å². The number of likely N-dealkylation sites (tertiary alicyclic amines) is 1. The van der Waals surface area contributed by atoms with Crippen LogP contribution in [-0.2, 0) is 9.59 Å². The van der Waals surface area contributed by atoms with E-state index < -0.39 is 0 Å². The van der Waals surface area contributed by atoms with Crippen LogP contribution in [0.3, 0.4) is 0 Å². The molecule has 4 N–H and O–H groups in total. The van der Waals surface area contributed by atoms with Crippen molar-refractivity contribution in [3.63, 3.8) is 0 Å². The molecular weight excluding hydrogens is 316 g/mol. The van der Waals surface area contributed by atoms with E-state index in [1.165, 1.54) is 19.3 Å². The second-order valence-corrected chi connectivity index (χ2v) is 7.91. The van der Waals surface area contributed by atoms with Crippen molar-refractivity contribution in [2.24, 2.45) is 11.1 Å². The number of carbonyl (C=O) groups is 2. The van der Waals surface area contributed by atoms with Crippen LogP contribution in [0.15, 0.2) is 0 Å². The molecule has 144 valence electrons. The van der Waals surface area contributed by atoms with Gasteiger partial charge in [0.05, 0.1) is 6.54 Å². The highest BCUT2D eigenvalue weighted by molar-refractivity contribution is 5.78. The van der Waals surface area contributed by atoms with E-state index in [1.54, 1.807) is 0 Å². The third-order valence-electron chi connectivity index (χ3n) is 5.77. The van der Waals surface area contributed by atoms with Gasteiger partial charge in [-0.05, 0) is 44.1 Å². The molecule has 2 aliphatic rings. The minimum atomic E-state index is 0.0282. The van der Waals surface area contributed by atoms with Crippen molar-refractivity contribution in [3.8, 4) is 0 Å². The first-order chi connectivity index (χ1) is 12.1. The van der Waals surface area contributed by atoms with Crippen molar-refractivity contribution in [2.75, 3.05) is 32.7 Å². The molecule has 0 spiro atoms. The molecule has 0 aromatic heterocycles. The Hall–Kier alpha value is -1.14. The number of piperidine rings is 1. The van der Waals surface area contributed by atoms with E-state index in [4.69, 9.17) is 5.73 Å². The second-order valence-electron chi connectivity index (χ2n) is 7.91. The van der Waals surface area contributed by atoms with Crippen molar-refractivity contribution in [1.29, 1.82) is 0 Å². The van der Waals surface area contributed by atoms with Crippen LogP contribution in [-0.4, -0.2) is 55.5 Å². The Morgan fingerprint density at radius 1 is 1.12 bits per heavy atom. The molecule has 1 aliphatic carbocycles. The summed E-state index contributed by atoms with van der Waals surface area (Å²) in [5, 5.41) is 6.13. The fraction of sp³-hybridized carbons (Fsp3) is 0.895. The minimum Gasteiger partial charge on any atom is -0.355 e. The van der Waals surface area contributed by atoms with Crippen LogP contribution < -0.4 is 16.4 Å². The van der Waals surface area contributed by atoms with Gasteiger partial charge in [-0.1, -0.05) is 26.2 Å². The Balaban J connectivity index is 1.68. The number of hydrogen-bond donors (Lipinski definition) is 3. The molecular formula is C19H36N4O2. The Morgan fingerprint density at radius 2 is 1.80 bits per heavy atom. The van der Waals surface area contributed by atoms with Crippen molar-refractivity contribution < 1.29 is 9.59 Å². The van der Waals surface area contributed by atoms with E-state index in [9.17, 15) is 9.59 Å². The fourth-order valence-corrected chi connectivity index (χ4v) is 4.13. The number of nitrogens with two attached hydrogens (primary N) is 1. The molecule has 1 heterocycles. The van der Waals surface area contributed by atoms with Crippen LogP contribution in [0.4, 0.5) is 0 Å². The lowest BCUT2D eigenvalue weighted by Gasteiger charge is -2.37. The van der Waals surface area contributed by atoms with Gasteiger partial charge >= 0.3 is 0 Å². The maximum Gasteiger partial charge on any atom is 0.234 e. The number of rotatable bonds is 8. The molecule has 2 amide bonds. The fourth-order valence-electron chi connectivity index (χ4n) is 4.13. The molecule has 2 rings (SSSR count). The third-order valence-corrected chi connectivity index (χ3v) is 5.77. The average molecular weight is 353 g/mol. The van der Waals surface area contributed by atoms with Gasteiger partial charge in [-0.15, -0.1) is 0 Å². The summed E-state index contributed by atoms with van der Waals surface area (Å²) in [7, 11) is 0. The highest BCUT2D eigenvalue weighted by Gasteiger charge is 2.33. The monoisotopic (exact) mass is 352 g/mol. The topological polar surface area (TPSA) is 87.5 Å². The van der Waals surface area contributed by atoms with Crippen LogP contribution >= 0.6 is 0 Å². The zero-order chi connectivity index (χ0) is 18.1. The van der Waals surface area contributed by atoms with E-state index in [0.717, 1.165) is 51.7 Å². The second kappa shape index (κ2) is 10.1. The average Bonchev–Trinajstić information content (AvgIpc) is 2.62. The number of carbonyl (C=O) groups excluding carboxylic acids is 2. The first kappa shape index (κ1) is 20.2. The SMILES string of the molecule is CCCNC(=O)CN1CCC(NC(=O)CC2(CN)CCCCC2)CC1. The van der Waals surface area contributed by atoms with Gasteiger partial charge in [0.15, 0.2) is 0 Å². The lowest BCUT2D eigenvalue weighted by molar-refractivity contribution is -0.126. The Morgan fingerprint density at radius 3 is 2.40 bits per heavy atom. The highest BCUT2D eigenvalue weighted by Crippen LogP contribution is 2.38. The molecule has 0 aromatic rings. The predicted molar refractivity (Wildman–Crippen MR) is 100 cm³/mol. The molecule has 1 saturated heterocycles. The summed E-state index contributed by atoms with van der Waals surface area (Å²) < 4.78 is 0. The minimum absolute atomic E-state index is 0.0282. The number of amides is 2. The molecule has 6 nitrogen and oxygen atoms in total. The lowest BCUT2D eigenvalue weighted by atomic mass is 9.71. The molecule has 25 heavy (non-hydrogen) atoms. The first-order valence-electron chi connectivity index (χ1n) is 10.1. The van der Waals surface area contributed by atoms with Crippen molar-refractivity contribution in [2.45, 2.75) is 70.8 Å². The third kappa shape index (κ3) is 6.59. The number of hydrogen-bond acceptors (Lipinski definition) is 4. The van der Waals surface area contributed by atoms with E-state index in [2.05, 4.69) is 22.5 Å². The van der Waals surface area contributed by atoms with Gasteiger partial charge in [-0.3, -0.25) is 14.5 Å². The molecule has 1 aliphatic heterocycles. The summed E-state index contributed by atoms with van der Waals surface area (Å²) in [5.74, 6) is 0.262. The van der Waals surface area contributed by atoms with Gasteiger partial charge in [0, 0.05) is 32.1 Å². The van der Waals surface area contributed by atoms with E-state index in [-0.39, 0.29) is 23.3 Å². The molecule has 1 saturated carbocycles. The summed E-state index contributed by atoms with van der Waals surface area (Å²) >= 11 is 0. The summed E-state index contributed by atoms with van der Waals surface area (Å²) in [4.78, 5) is 26.4. The van der Waals surface area contributed by atoms with Crippen LogP contribution in [0.25, 0.3) is 0 Å². The van der Waals surface area contributed by atoms with Crippen molar-refractivity contribution in [3.05, 3.63) is 0 Å². The molecule has 0 bridgehead atoms. The Kier molecular flexibility index (Phi) is 8.16. The first-order valence-corrected chi connectivity index (χ1v) is 10.1. The molecule has 0 radical (unpaired) electrons. The molecule has 0 aromatic carbocycles. The van der Waals surface area contributed by atoms with Gasteiger partial charge in [0.2, 0.25) is 11.8 Å². The van der Waals surface area contributed by atoms with Crippen molar-refractivity contribution >= 4 is 11.8 Å². The van der Waals surface area contributed by atoms with Gasteiger partial charge in [0.1, 0.15) is 0 Å². The molecule has 6 heteroatoms. The molecule has 2 fully saturated rings. The molecule has 0 unspecified atom stereocenters. The van der Waals surface area contributed by atoms with Gasteiger partial charge in [-0.2, -0.15) is 0 Å². The van der Waals surface area contributed by atoms with Crippen LogP contribution in [0, 0.1) is 5.41 Å². The standard InChI is InChI=1S/C19H36N4O2/c1-2-10-21-18(25)14-23-11-6-16(7-12-23)22-17(24)13-19(15-20)8-4-3-5-9-19/h16H,2-15,20H2,1H3,(H,21,25)(H,22,24). The van der Waals surface area contributed by atoms with Gasteiger partial charge < -0.3 is 16.4 Å². The maximum absolute atomic E-state index is 12.5. The van der Waals surface area contributed by atoms with Crippen molar-refractivity contribution in [1.82, 2.24) is 15.5 Å². The quantitative estimate of drug-likeness (QED) is 0.616. The summed E-state index contributed by atoms with van der Waals surface area (Å²) in [5.41, 5.74) is 6.02. The highest BCUT2D eigenvalue weighted by atomic mass is 16.2. The summed E-state index contributed by atoms with van der Waals surface area (Å²) in [6.45, 7) is 5.62. The number of nitrogens with one attached hydrogen (secondary N) is 2. The van der Waals surface area contributed by atoms with Crippen LogP contribution in [0.1, 0.15) is 64.7 Å².